The van der Waals surface area contributed by atoms with E-state index in [1.165, 1.54) is 0 Å². The molecule has 5 N–H and O–H groups in total. The van der Waals surface area contributed by atoms with Crippen molar-refractivity contribution in [2.75, 3.05) is 11.9 Å². The van der Waals surface area contributed by atoms with Crippen molar-refractivity contribution in [3.05, 3.63) is 30.3 Å². The van der Waals surface area contributed by atoms with Gasteiger partial charge in [0.1, 0.15) is 18.2 Å². The molecule has 29 heavy (non-hydrogen) atoms. The molecule has 0 aliphatic carbocycles. The van der Waals surface area contributed by atoms with E-state index in [1.54, 1.807) is 30.3 Å². The summed E-state index contributed by atoms with van der Waals surface area (Å²) < 4.78 is 5.33. The summed E-state index contributed by atoms with van der Waals surface area (Å²) >= 11 is 0. The van der Waals surface area contributed by atoms with Crippen LogP contribution in [0.4, 0.5) is 10.5 Å². The Hall–Kier alpha value is -2.69. The van der Waals surface area contributed by atoms with Crippen LogP contribution in [0.25, 0.3) is 0 Å². The zero-order chi connectivity index (χ0) is 21.2. The van der Waals surface area contributed by atoms with Crippen LogP contribution in [0.15, 0.2) is 35.5 Å². The Morgan fingerprint density at radius 2 is 1.90 bits per heavy atom. The van der Waals surface area contributed by atoms with Gasteiger partial charge >= 0.3 is 6.09 Å². The number of carbonyl (C=O) groups is 2. The van der Waals surface area contributed by atoms with E-state index in [4.69, 9.17) is 9.57 Å². The topological polar surface area (TPSA) is 150 Å². The van der Waals surface area contributed by atoms with E-state index in [1.807, 2.05) is 6.92 Å². The third-order valence-corrected chi connectivity index (χ3v) is 4.35. The van der Waals surface area contributed by atoms with Crippen LogP contribution in [0.2, 0.25) is 0 Å². The van der Waals surface area contributed by atoms with Gasteiger partial charge in [0.25, 0.3) is 5.90 Å². The molecule has 10 heteroatoms. The van der Waals surface area contributed by atoms with E-state index in [-0.39, 0.29) is 18.2 Å². The van der Waals surface area contributed by atoms with Crippen LogP contribution in [-0.4, -0.2) is 64.2 Å². The Bertz CT molecular complexity index is 698. The van der Waals surface area contributed by atoms with Crippen molar-refractivity contribution in [3.63, 3.8) is 0 Å². The maximum Gasteiger partial charge on any atom is 0.437 e. The number of hydrogen-bond acceptors (Lipinski definition) is 8. The van der Waals surface area contributed by atoms with E-state index in [2.05, 4.69) is 15.8 Å². The first-order valence-corrected chi connectivity index (χ1v) is 9.50. The monoisotopic (exact) mass is 409 g/mol. The molecule has 4 atom stereocenters. The highest BCUT2D eigenvalue weighted by molar-refractivity contribution is 5.90. The lowest BCUT2D eigenvalue weighted by Crippen LogP contribution is -2.62. The lowest BCUT2D eigenvalue weighted by molar-refractivity contribution is -0.128. The summed E-state index contributed by atoms with van der Waals surface area (Å²) in [7, 11) is 0. The second-order valence-electron chi connectivity index (χ2n) is 6.62. The first kappa shape index (κ1) is 22.6. The second-order valence-corrected chi connectivity index (χ2v) is 6.62. The summed E-state index contributed by atoms with van der Waals surface area (Å²) in [5.74, 6) is -0.698. The molecule has 2 unspecified atom stereocenters. The minimum absolute atomic E-state index is 0.221. The molecule has 10 nitrogen and oxygen atoms in total. The SMILES string of the molecule is CCCCCC(=O)N[C@@H]1/C(=N/OC(=O)Nc2ccccc2)OC(CO)C(O)[C@@H]1O. The molecular formula is C19H27N3O7. The first-order valence-electron chi connectivity index (χ1n) is 9.50. The minimum atomic E-state index is -1.50. The summed E-state index contributed by atoms with van der Waals surface area (Å²) in [4.78, 5) is 28.8. The number of nitrogens with zero attached hydrogens (tertiary/aromatic N) is 1. The third-order valence-electron chi connectivity index (χ3n) is 4.35. The molecule has 1 aromatic rings. The number of nitrogens with one attached hydrogen (secondary N) is 2. The van der Waals surface area contributed by atoms with Gasteiger partial charge in [-0.25, -0.2) is 4.79 Å². The Labute approximate surface area is 168 Å². The summed E-state index contributed by atoms with van der Waals surface area (Å²) in [6.07, 6.45) is -2.37. The summed E-state index contributed by atoms with van der Waals surface area (Å²) in [6.45, 7) is 1.40. The number of para-hydroxylation sites is 1. The molecule has 1 saturated heterocycles. The summed E-state index contributed by atoms with van der Waals surface area (Å²) in [5, 5.41) is 38.3. The predicted molar refractivity (Wildman–Crippen MR) is 104 cm³/mol. The average molecular weight is 409 g/mol. The number of hydrogen-bond donors (Lipinski definition) is 5. The fourth-order valence-electron chi connectivity index (χ4n) is 2.76. The zero-order valence-corrected chi connectivity index (χ0v) is 16.2. The molecule has 2 rings (SSSR count). The number of ether oxygens (including phenoxy) is 1. The Morgan fingerprint density at radius 1 is 1.17 bits per heavy atom. The normalized spacial score (nSPS) is 25.2. The molecule has 0 radical (unpaired) electrons. The van der Waals surface area contributed by atoms with E-state index in [9.17, 15) is 24.9 Å². The van der Waals surface area contributed by atoms with E-state index in [0.717, 1.165) is 12.8 Å². The molecular weight excluding hydrogens is 382 g/mol. The number of carbonyl (C=O) groups excluding carboxylic acids is 2. The Kier molecular flexibility index (Phi) is 8.84. The molecule has 2 amide bonds. The largest absolute Gasteiger partial charge is 0.468 e. The molecule has 1 fully saturated rings. The highest BCUT2D eigenvalue weighted by Gasteiger charge is 2.44. The van der Waals surface area contributed by atoms with E-state index >= 15 is 0 Å². The van der Waals surface area contributed by atoms with Crippen LogP contribution in [0.5, 0.6) is 0 Å². The number of aliphatic hydroxyl groups is 3. The van der Waals surface area contributed by atoms with Crippen molar-refractivity contribution < 1.29 is 34.5 Å². The zero-order valence-electron chi connectivity index (χ0n) is 16.2. The Balaban J connectivity index is 2.06. The minimum Gasteiger partial charge on any atom is -0.468 e. The van der Waals surface area contributed by atoms with Crippen LogP contribution in [-0.2, 0) is 14.4 Å². The number of unbranched alkanes of at least 4 members (excludes halogenated alkanes) is 2. The number of rotatable bonds is 8. The maximum atomic E-state index is 12.1. The molecule has 1 heterocycles. The molecule has 1 aliphatic rings. The average Bonchev–Trinajstić information content (AvgIpc) is 2.72. The maximum absolute atomic E-state index is 12.1. The smallest absolute Gasteiger partial charge is 0.437 e. The fraction of sp³-hybridized carbons (Fsp3) is 0.526. The van der Waals surface area contributed by atoms with Crippen LogP contribution < -0.4 is 10.6 Å². The van der Waals surface area contributed by atoms with Crippen molar-refractivity contribution in [1.29, 1.82) is 0 Å². The Morgan fingerprint density at radius 3 is 2.55 bits per heavy atom. The number of oxime groups is 1. The molecule has 1 aliphatic heterocycles. The van der Waals surface area contributed by atoms with Crippen molar-refractivity contribution in [1.82, 2.24) is 5.32 Å². The van der Waals surface area contributed by atoms with Crippen molar-refractivity contribution >= 4 is 23.6 Å². The molecule has 0 saturated carbocycles. The molecule has 0 spiro atoms. The van der Waals surface area contributed by atoms with Gasteiger partial charge in [0.2, 0.25) is 5.91 Å². The van der Waals surface area contributed by atoms with Gasteiger partial charge in [-0.05, 0) is 23.7 Å². The van der Waals surface area contributed by atoms with E-state index < -0.39 is 37.1 Å². The number of anilines is 1. The van der Waals surface area contributed by atoms with Gasteiger partial charge in [-0.1, -0.05) is 38.0 Å². The number of aliphatic hydroxyl groups excluding tert-OH is 3. The first-order chi connectivity index (χ1) is 14.0. The predicted octanol–water partition coefficient (Wildman–Crippen LogP) is 0.727. The highest BCUT2D eigenvalue weighted by atomic mass is 16.7. The van der Waals surface area contributed by atoms with E-state index in [0.29, 0.717) is 12.1 Å². The molecule has 0 aromatic heterocycles. The number of benzene rings is 1. The van der Waals surface area contributed by atoms with Gasteiger partial charge in [0, 0.05) is 12.1 Å². The van der Waals surface area contributed by atoms with Gasteiger partial charge in [0.05, 0.1) is 6.61 Å². The standard InChI is InChI=1S/C19H27N3O7/c1-2-3-5-10-14(24)21-15-17(26)16(25)13(11-23)28-18(15)22-29-19(27)20-12-8-6-4-7-9-12/h4,6-9,13,15-17,23,25-26H,2-3,5,10-11H2,1H3,(H,20,27)(H,21,24)/b22-18-/t13?,15-,16?,17+/m0/s1. The van der Waals surface area contributed by atoms with Crippen molar-refractivity contribution in [3.8, 4) is 0 Å². The molecule has 160 valence electrons. The summed E-state index contributed by atoms with van der Waals surface area (Å²) in [6, 6.07) is 7.28. The molecule has 1 aromatic carbocycles. The number of amides is 2. The van der Waals surface area contributed by atoms with Gasteiger partial charge in [-0.15, -0.1) is 0 Å². The van der Waals surface area contributed by atoms with Crippen molar-refractivity contribution in [2.24, 2.45) is 5.16 Å². The quantitative estimate of drug-likeness (QED) is 0.241. The van der Waals surface area contributed by atoms with Gasteiger partial charge < -0.3 is 25.4 Å². The van der Waals surface area contributed by atoms with Crippen LogP contribution in [0.3, 0.4) is 0 Å². The third kappa shape index (κ3) is 6.70. The fourth-order valence-corrected chi connectivity index (χ4v) is 2.76. The van der Waals surface area contributed by atoms with Crippen LogP contribution >= 0.6 is 0 Å². The summed E-state index contributed by atoms with van der Waals surface area (Å²) in [5.41, 5.74) is 0.478. The van der Waals surface area contributed by atoms with Crippen molar-refractivity contribution in [2.45, 2.75) is 57.0 Å². The lowest BCUT2D eigenvalue weighted by atomic mass is 9.97. The van der Waals surface area contributed by atoms with Gasteiger partial charge in [-0.3, -0.25) is 14.9 Å². The van der Waals surface area contributed by atoms with Crippen LogP contribution in [0, 0.1) is 0 Å². The lowest BCUT2D eigenvalue weighted by Gasteiger charge is -2.37. The van der Waals surface area contributed by atoms with Gasteiger partial charge in [0.15, 0.2) is 6.10 Å². The van der Waals surface area contributed by atoms with Gasteiger partial charge in [-0.2, -0.15) is 0 Å². The second kappa shape index (κ2) is 11.3. The highest BCUT2D eigenvalue weighted by Crippen LogP contribution is 2.18. The molecule has 0 bridgehead atoms. The van der Waals surface area contributed by atoms with Crippen LogP contribution in [0.1, 0.15) is 32.6 Å².